The molecule has 0 aromatic heterocycles. The fraction of sp³-hybridized carbons (Fsp3) is 0.429. The van der Waals surface area contributed by atoms with Crippen LogP contribution in [0.3, 0.4) is 0 Å². The number of halogens is 1. The predicted molar refractivity (Wildman–Crippen MR) is 81.4 cm³/mol. The molecule has 108 valence electrons. The maximum Gasteiger partial charge on any atom is 0.338 e. The molecular formula is C14H16INO4. The number of nitrogens with one attached hydrogen (secondary N) is 1. The number of carbonyl (C=O) groups is 2. The molecule has 1 aromatic carbocycles. The number of benzene rings is 1. The average Bonchev–Trinajstić information content (AvgIpc) is 2.95. The summed E-state index contributed by atoms with van der Waals surface area (Å²) in [5.74, 6) is -0.796. The largest absolute Gasteiger partial charge is 0.452 e. The molecule has 1 saturated heterocycles. The zero-order valence-electron chi connectivity index (χ0n) is 10.9. The highest BCUT2D eigenvalue weighted by Crippen LogP contribution is 2.10. The SMILES string of the molecule is O=C(COC(=O)c1cccc(I)c1)NC[C@H]1CCCO1. The van der Waals surface area contributed by atoms with Crippen molar-refractivity contribution in [2.75, 3.05) is 19.8 Å². The highest BCUT2D eigenvalue weighted by atomic mass is 127. The molecule has 1 heterocycles. The molecule has 5 nitrogen and oxygen atoms in total. The second-order valence-corrected chi connectivity index (χ2v) is 5.77. The van der Waals surface area contributed by atoms with Crippen LogP contribution >= 0.6 is 22.6 Å². The van der Waals surface area contributed by atoms with Gasteiger partial charge >= 0.3 is 5.97 Å². The third-order valence-electron chi connectivity index (χ3n) is 2.95. The molecule has 1 aliphatic heterocycles. The van der Waals surface area contributed by atoms with E-state index in [9.17, 15) is 9.59 Å². The molecule has 0 aliphatic carbocycles. The fourth-order valence-corrected chi connectivity index (χ4v) is 2.46. The first kappa shape index (κ1) is 15.2. The molecule has 2 rings (SSSR count). The van der Waals surface area contributed by atoms with Crippen molar-refractivity contribution in [2.45, 2.75) is 18.9 Å². The van der Waals surface area contributed by atoms with Crippen LogP contribution in [0.4, 0.5) is 0 Å². The Bertz CT molecular complexity index is 486. The first-order chi connectivity index (χ1) is 9.65. The molecule has 0 unspecified atom stereocenters. The Morgan fingerprint density at radius 2 is 2.30 bits per heavy atom. The molecule has 0 bridgehead atoms. The summed E-state index contributed by atoms with van der Waals surface area (Å²) in [6.45, 7) is 0.957. The molecule has 20 heavy (non-hydrogen) atoms. The van der Waals surface area contributed by atoms with Gasteiger partial charge in [-0.05, 0) is 53.6 Å². The zero-order chi connectivity index (χ0) is 14.4. The Morgan fingerprint density at radius 1 is 1.45 bits per heavy atom. The van der Waals surface area contributed by atoms with Crippen LogP contribution in [0.15, 0.2) is 24.3 Å². The Hall–Kier alpha value is -1.15. The molecule has 0 saturated carbocycles. The van der Waals surface area contributed by atoms with Gasteiger partial charge in [-0.3, -0.25) is 4.79 Å². The molecule has 1 aromatic rings. The van der Waals surface area contributed by atoms with E-state index in [4.69, 9.17) is 9.47 Å². The first-order valence-corrected chi connectivity index (χ1v) is 7.54. The van der Waals surface area contributed by atoms with Gasteiger partial charge in [0.05, 0.1) is 11.7 Å². The van der Waals surface area contributed by atoms with Gasteiger partial charge in [0.2, 0.25) is 0 Å². The standard InChI is InChI=1S/C14H16INO4/c15-11-4-1-3-10(7-11)14(18)20-9-13(17)16-8-12-5-2-6-19-12/h1,3-4,7,12H,2,5-6,8-9H2,(H,16,17)/t12-/m1/s1. The number of ether oxygens (including phenoxy) is 2. The van der Waals surface area contributed by atoms with E-state index in [0.29, 0.717) is 12.1 Å². The highest BCUT2D eigenvalue weighted by molar-refractivity contribution is 14.1. The van der Waals surface area contributed by atoms with Gasteiger partial charge in [0, 0.05) is 16.7 Å². The molecule has 1 aliphatic rings. The lowest BCUT2D eigenvalue weighted by Crippen LogP contribution is -2.34. The van der Waals surface area contributed by atoms with Crippen molar-refractivity contribution in [3.63, 3.8) is 0 Å². The normalized spacial score (nSPS) is 17.8. The van der Waals surface area contributed by atoms with Crippen LogP contribution in [-0.2, 0) is 14.3 Å². The van der Waals surface area contributed by atoms with Crippen molar-refractivity contribution in [3.05, 3.63) is 33.4 Å². The maximum atomic E-state index is 11.7. The molecular weight excluding hydrogens is 373 g/mol. The molecule has 0 radical (unpaired) electrons. The van der Waals surface area contributed by atoms with E-state index in [1.54, 1.807) is 18.2 Å². The van der Waals surface area contributed by atoms with Crippen molar-refractivity contribution < 1.29 is 19.1 Å². The monoisotopic (exact) mass is 389 g/mol. The van der Waals surface area contributed by atoms with Gasteiger partial charge in [-0.15, -0.1) is 0 Å². The van der Waals surface area contributed by atoms with E-state index in [2.05, 4.69) is 27.9 Å². The Morgan fingerprint density at radius 3 is 3.00 bits per heavy atom. The number of rotatable bonds is 5. The highest BCUT2D eigenvalue weighted by Gasteiger charge is 2.16. The quantitative estimate of drug-likeness (QED) is 0.616. The third-order valence-corrected chi connectivity index (χ3v) is 3.62. The summed E-state index contributed by atoms with van der Waals surface area (Å²) in [4.78, 5) is 23.3. The number of amides is 1. The zero-order valence-corrected chi connectivity index (χ0v) is 13.1. The van der Waals surface area contributed by atoms with Crippen LogP contribution in [-0.4, -0.2) is 37.7 Å². The van der Waals surface area contributed by atoms with Crippen molar-refractivity contribution in [2.24, 2.45) is 0 Å². The molecule has 6 heteroatoms. The second-order valence-electron chi connectivity index (χ2n) is 4.53. The minimum Gasteiger partial charge on any atom is -0.452 e. The number of hydrogen-bond acceptors (Lipinski definition) is 4. The molecule has 1 N–H and O–H groups in total. The van der Waals surface area contributed by atoms with Crippen molar-refractivity contribution in [1.29, 1.82) is 0 Å². The summed E-state index contributed by atoms with van der Waals surface area (Å²) in [5, 5.41) is 2.70. The van der Waals surface area contributed by atoms with Gasteiger partial charge in [-0.2, -0.15) is 0 Å². The fourth-order valence-electron chi connectivity index (χ4n) is 1.91. The summed E-state index contributed by atoms with van der Waals surface area (Å²) >= 11 is 2.11. The Balaban J connectivity index is 1.71. The van der Waals surface area contributed by atoms with Gasteiger partial charge in [-0.25, -0.2) is 4.79 Å². The van der Waals surface area contributed by atoms with E-state index >= 15 is 0 Å². The lowest BCUT2D eigenvalue weighted by molar-refractivity contribution is -0.124. The van der Waals surface area contributed by atoms with Crippen LogP contribution < -0.4 is 5.32 Å². The van der Waals surface area contributed by atoms with E-state index in [0.717, 1.165) is 23.0 Å². The smallest absolute Gasteiger partial charge is 0.338 e. The number of esters is 1. The van der Waals surface area contributed by atoms with Gasteiger partial charge < -0.3 is 14.8 Å². The number of hydrogen-bond donors (Lipinski definition) is 1. The van der Waals surface area contributed by atoms with Crippen LogP contribution in [0.5, 0.6) is 0 Å². The van der Waals surface area contributed by atoms with Crippen LogP contribution in [0.25, 0.3) is 0 Å². The van der Waals surface area contributed by atoms with Crippen molar-refractivity contribution in [1.82, 2.24) is 5.32 Å². The summed E-state index contributed by atoms with van der Waals surface area (Å²) in [6, 6.07) is 7.03. The van der Waals surface area contributed by atoms with Crippen LogP contribution in [0, 0.1) is 3.57 Å². The van der Waals surface area contributed by atoms with E-state index < -0.39 is 5.97 Å². The summed E-state index contributed by atoms with van der Waals surface area (Å²) < 4.78 is 11.3. The third kappa shape index (κ3) is 4.75. The maximum absolute atomic E-state index is 11.7. The van der Waals surface area contributed by atoms with E-state index in [1.807, 2.05) is 6.07 Å². The minimum absolute atomic E-state index is 0.0883. The molecule has 1 amide bonds. The Kier molecular flexibility index (Phi) is 5.78. The summed E-state index contributed by atoms with van der Waals surface area (Å²) in [7, 11) is 0. The van der Waals surface area contributed by atoms with Gasteiger partial charge in [-0.1, -0.05) is 6.07 Å². The molecule has 1 fully saturated rings. The topological polar surface area (TPSA) is 64.6 Å². The average molecular weight is 389 g/mol. The van der Waals surface area contributed by atoms with Crippen molar-refractivity contribution >= 4 is 34.5 Å². The van der Waals surface area contributed by atoms with Crippen molar-refractivity contribution in [3.8, 4) is 0 Å². The minimum atomic E-state index is -0.490. The van der Waals surface area contributed by atoms with Gasteiger partial charge in [0.1, 0.15) is 0 Å². The van der Waals surface area contributed by atoms with E-state index in [1.165, 1.54) is 0 Å². The van der Waals surface area contributed by atoms with Gasteiger partial charge in [0.25, 0.3) is 5.91 Å². The predicted octanol–water partition coefficient (Wildman–Crippen LogP) is 1.74. The number of carbonyl (C=O) groups excluding carboxylic acids is 2. The van der Waals surface area contributed by atoms with Gasteiger partial charge in [0.15, 0.2) is 6.61 Å². The first-order valence-electron chi connectivity index (χ1n) is 6.46. The molecule has 1 atom stereocenters. The molecule has 0 spiro atoms. The second kappa shape index (κ2) is 7.58. The van der Waals surface area contributed by atoms with Crippen LogP contribution in [0.2, 0.25) is 0 Å². The van der Waals surface area contributed by atoms with E-state index in [-0.39, 0.29) is 18.6 Å². The van der Waals surface area contributed by atoms with Crippen LogP contribution in [0.1, 0.15) is 23.2 Å². The lowest BCUT2D eigenvalue weighted by Gasteiger charge is -2.11. The lowest BCUT2D eigenvalue weighted by atomic mass is 10.2. The summed E-state index contributed by atoms with van der Waals surface area (Å²) in [6.07, 6.45) is 2.08. The summed E-state index contributed by atoms with van der Waals surface area (Å²) in [5.41, 5.74) is 0.448. The Labute approximate surface area is 131 Å².